The number of hydrogen-bond acceptors (Lipinski definition) is 6. The number of carbonyl (C=O) groups excluding carboxylic acids is 1. The zero-order valence-electron chi connectivity index (χ0n) is 18.2. The first-order chi connectivity index (χ1) is 14.9. The molecule has 2 aromatic carbocycles. The molecular formula is C24H27NO4S2. The number of thiocarbonyl (C=S) groups is 1. The van der Waals surface area contributed by atoms with Crippen molar-refractivity contribution in [1.82, 2.24) is 0 Å². The van der Waals surface area contributed by atoms with Crippen LogP contribution in [0.2, 0.25) is 0 Å². The molecule has 0 aliphatic carbocycles. The summed E-state index contributed by atoms with van der Waals surface area (Å²) in [6.07, 6.45) is 1.84. The Morgan fingerprint density at radius 3 is 2.35 bits per heavy atom. The van der Waals surface area contributed by atoms with Crippen LogP contribution in [0.25, 0.3) is 6.08 Å². The maximum Gasteiger partial charge on any atom is 0.270 e. The Labute approximate surface area is 193 Å². The zero-order chi connectivity index (χ0) is 22.4. The number of nitrogens with zero attached hydrogens (tertiary/aromatic N) is 1. The van der Waals surface area contributed by atoms with E-state index in [1.165, 1.54) is 11.8 Å². The summed E-state index contributed by atoms with van der Waals surface area (Å²) in [5, 5.41) is 0. The molecule has 0 aromatic heterocycles. The number of rotatable bonds is 9. The van der Waals surface area contributed by atoms with Crippen LogP contribution in [0.1, 0.15) is 33.3 Å². The second kappa shape index (κ2) is 10.7. The van der Waals surface area contributed by atoms with Gasteiger partial charge in [-0.25, -0.2) is 0 Å². The van der Waals surface area contributed by atoms with Gasteiger partial charge in [0.2, 0.25) is 0 Å². The maximum atomic E-state index is 13.0. The lowest BCUT2D eigenvalue weighted by molar-refractivity contribution is -0.113. The van der Waals surface area contributed by atoms with Gasteiger partial charge in [-0.15, -0.1) is 0 Å². The molecule has 1 fully saturated rings. The van der Waals surface area contributed by atoms with Gasteiger partial charge in [-0.2, -0.15) is 0 Å². The molecule has 164 valence electrons. The van der Waals surface area contributed by atoms with Gasteiger partial charge in [-0.3, -0.25) is 9.69 Å². The van der Waals surface area contributed by atoms with Crippen LogP contribution in [-0.4, -0.2) is 30.0 Å². The standard InChI is InChI=1S/C24H27NO4S2/c1-5-27-19-10-8-18(9-11-19)25-23(26)22(31-24(25)30)14-17-7-12-20(29-15-16(3)4)21(13-17)28-6-2/h7-14,16H,5-6,15H2,1-4H3/b22-14-. The molecule has 1 aliphatic heterocycles. The average Bonchev–Trinajstić information content (AvgIpc) is 3.01. The Morgan fingerprint density at radius 1 is 1.00 bits per heavy atom. The third-order valence-electron chi connectivity index (χ3n) is 4.34. The van der Waals surface area contributed by atoms with Crippen molar-refractivity contribution in [3.8, 4) is 17.2 Å². The molecule has 31 heavy (non-hydrogen) atoms. The fraction of sp³-hybridized carbons (Fsp3) is 0.333. The zero-order valence-corrected chi connectivity index (χ0v) is 19.8. The van der Waals surface area contributed by atoms with Crippen LogP contribution in [0.3, 0.4) is 0 Å². The van der Waals surface area contributed by atoms with Gasteiger partial charge in [0.25, 0.3) is 5.91 Å². The van der Waals surface area contributed by atoms with Crippen LogP contribution in [0.5, 0.6) is 17.2 Å². The quantitative estimate of drug-likeness (QED) is 0.344. The Hall–Kier alpha value is -2.51. The highest BCUT2D eigenvalue weighted by atomic mass is 32.2. The van der Waals surface area contributed by atoms with Crippen LogP contribution >= 0.6 is 24.0 Å². The highest BCUT2D eigenvalue weighted by Crippen LogP contribution is 2.37. The molecular weight excluding hydrogens is 430 g/mol. The first kappa shape index (κ1) is 23.2. The minimum atomic E-state index is -0.141. The Balaban J connectivity index is 1.82. The van der Waals surface area contributed by atoms with Crippen molar-refractivity contribution < 1.29 is 19.0 Å². The number of carbonyl (C=O) groups is 1. The van der Waals surface area contributed by atoms with Crippen LogP contribution in [0, 0.1) is 5.92 Å². The molecule has 0 spiro atoms. The molecule has 1 aliphatic rings. The summed E-state index contributed by atoms with van der Waals surface area (Å²) >= 11 is 6.76. The Kier molecular flexibility index (Phi) is 7.98. The number of anilines is 1. The van der Waals surface area contributed by atoms with Gasteiger partial charge in [0.05, 0.1) is 30.4 Å². The highest BCUT2D eigenvalue weighted by Gasteiger charge is 2.33. The Bertz CT molecular complexity index is 970. The van der Waals surface area contributed by atoms with Gasteiger partial charge in [0, 0.05) is 0 Å². The lowest BCUT2D eigenvalue weighted by atomic mass is 10.1. The first-order valence-corrected chi connectivity index (χ1v) is 11.6. The fourth-order valence-electron chi connectivity index (χ4n) is 2.96. The van der Waals surface area contributed by atoms with E-state index >= 15 is 0 Å². The second-order valence-electron chi connectivity index (χ2n) is 7.29. The molecule has 0 bridgehead atoms. The molecule has 7 heteroatoms. The van der Waals surface area contributed by atoms with Gasteiger partial charge in [0.1, 0.15) is 5.75 Å². The minimum absolute atomic E-state index is 0.141. The second-order valence-corrected chi connectivity index (χ2v) is 8.96. The molecule has 0 unspecified atom stereocenters. The number of hydrogen-bond donors (Lipinski definition) is 0. The van der Waals surface area contributed by atoms with Crippen molar-refractivity contribution in [3.63, 3.8) is 0 Å². The van der Waals surface area contributed by atoms with Gasteiger partial charge < -0.3 is 14.2 Å². The molecule has 5 nitrogen and oxygen atoms in total. The third kappa shape index (κ3) is 5.80. The molecule has 0 saturated carbocycles. The molecule has 1 heterocycles. The van der Waals surface area contributed by atoms with Crippen LogP contribution < -0.4 is 19.1 Å². The van der Waals surface area contributed by atoms with E-state index < -0.39 is 0 Å². The fourth-order valence-corrected chi connectivity index (χ4v) is 4.26. The van der Waals surface area contributed by atoms with Crippen LogP contribution in [0.15, 0.2) is 47.4 Å². The summed E-state index contributed by atoms with van der Waals surface area (Å²) in [5.41, 5.74) is 1.58. The molecule has 0 atom stereocenters. The summed E-state index contributed by atoms with van der Waals surface area (Å²) in [5.74, 6) is 2.40. The normalized spacial score (nSPS) is 15.1. The van der Waals surface area contributed by atoms with Crippen molar-refractivity contribution in [1.29, 1.82) is 0 Å². The summed E-state index contributed by atoms with van der Waals surface area (Å²) in [6.45, 7) is 9.79. The smallest absolute Gasteiger partial charge is 0.270 e. The van der Waals surface area contributed by atoms with Crippen LogP contribution in [-0.2, 0) is 4.79 Å². The molecule has 2 aromatic rings. The van der Waals surface area contributed by atoms with E-state index in [0.29, 0.717) is 46.5 Å². The van der Waals surface area contributed by atoms with E-state index in [-0.39, 0.29) is 5.91 Å². The van der Waals surface area contributed by atoms with Crippen molar-refractivity contribution in [3.05, 3.63) is 52.9 Å². The minimum Gasteiger partial charge on any atom is -0.494 e. The number of ether oxygens (including phenoxy) is 3. The van der Waals surface area contributed by atoms with Gasteiger partial charge in [-0.1, -0.05) is 43.9 Å². The third-order valence-corrected chi connectivity index (χ3v) is 5.64. The largest absolute Gasteiger partial charge is 0.494 e. The number of thioether (sulfide) groups is 1. The lowest BCUT2D eigenvalue weighted by Crippen LogP contribution is -2.27. The maximum absolute atomic E-state index is 13.0. The first-order valence-electron chi connectivity index (χ1n) is 10.3. The van der Waals surface area contributed by atoms with E-state index in [2.05, 4.69) is 13.8 Å². The van der Waals surface area contributed by atoms with E-state index in [9.17, 15) is 4.79 Å². The molecule has 0 radical (unpaired) electrons. The summed E-state index contributed by atoms with van der Waals surface area (Å²) in [6, 6.07) is 13.0. The van der Waals surface area contributed by atoms with Crippen LogP contribution in [0.4, 0.5) is 5.69 Å². The van der Waals surface area contributed by atoms with Gasteiger partial charge in [-0.05, 0) is 67.8 Å². The predicted octanol–water partition coefficient (Wildman–Crippen LogP) is 5.92. The number of benzene rings is 2. The topological polar surface area (TPSA) is 48.0 Å². The summed E-state index contributed by atoms with van der Waals surface area (Å²) in [7, 11) is 0. The van der Waals surface area contributed by atoms with E-state index in [0.717, 1.165) is 17.0 Å². The SMILES string of the molecule is CCOc1ccc(N2C(=O)/C(=C/c3ccc(OCC(C)C)c(OCC)c3)SC2=S)cc1. The monoisotopic (exact) mass is 457 g/mol. The van der Waals surface area contributed by atoms with E-state index in [1.54, 1.807) is 4.90 Å². The number of amides is 1. The lowest BCUT2D eigenvalue weighted by Gasteiger charge is -2.15. The summed E-state index contributed by atoms with van der Waals surface area (Å²) < 4.78 is 17.6. The molecule has 1 saturated heterocycles. The average molecular weight is 458 g/mol. The van der Waals surface area contributed by atoms with Gasteiger partial charge in [0.15, 0.2) is 15.8 Å². The van der Waals surface area contributed by atoms with Crippen molar-refractivity contribution >= 4 is 46.0 Å². The van der Waals surface area contributed by atoms with Crippen molar-refractivity contribution in [2.75, 3.05) is 24.7 Å². The molecule has 1 amide bonds. The summed E-state index contributed by atoms with van der Waals surface area (Å²) in [4.78, 5) is 15.2. The van der Waals surface area contributed by atoms with Crippen molar-refractivity contribution in [2.24, 2.45) is 5.92 Å². The van der Waals surface area contributed by atoms with Gasteiger partial charge >= 0.3 is 0 Å². The predicted molar refractivity (Wildman–Crippen MR) is 131 cm³/mol. The molecule has 3 rings (SSSR count). The van der Waals surface area contributed by atoms with E-state index in [4.69, 9.17) is 26.4 Å². The highest BCUT2D eigenvalue weighted by molar-refractivity contribution is 8.27. The van der Waals surface area contributed by atoms with E-state index in [1.807, 2.05) is 62.4 Å². The molecule has 0 N–H and O–H groups in total. The van der Waals surface area contributed by atoms with Crippen molar-refractivity contribution in [2.45, 2.75) is 27.7 Å². The Morgan fingerprint density at radius 2 is 1.71 bits per heavy atom.